The Labute approximate surface area is 129 Å². The number of hydrogen-bond acceptors (Lipinski definition) is 3. The standard InChI is InChI=1S/C15H13BrFNO3/c1-21-14-4-2-3-13(17)15(14)12(16)9-10-5-7-11(8-6-10)18(19)20/h2-8,12H,9H2,1H3. The van der Waals surface area contributed by atoms with Gasteiger partial charge in [-0.05, 0) is 24.1 Å². The molecule has 0 saturated heterocycles. The second kappa shape index (κ2) is 6.67. The summed E-state index contributed by atoms with van der Waals surface area (Å²) in [7, 11) is 1.49. The van der Waals surface area contributed by atoms with Gasteiger partial charge in [0.05, 0.1) is 16.9 Å². The van der Waals surface area contributed by atoms with Gasteiger partial charge in [-0.25, -0.2) is 4.39 Å². The number of nitro groups is 1. The van der Waals surface area contributed by atoms with Crippen LogP contribution in [0.3, 0.4) is 0 Å². The molecule has 6 heteroatoms. The number of nitro benzene ring substituents is 1. The fraction of sp³-hybridized carbons (Fsp3) is 0.200. The normalized spacial score (nSPS) is 12.0. The number of methoxy groups -OCH3 is 1. The zero-order chi connectivity index (χ0) is 15.4. The zero-order valence-electron chi connectivity index (χ0n) is 11.3. The van der Waals surface area contributed by atoms with E-state index in [0.29, 0.717) is 17.7 Å². The molecule has 4 nitrogen and oxygen atoms in total. The van der Waals surface area contributed by atoms with E-state index in [-0.39, 0.29) is 16.3 Å². The quantitative estimate of drug-likeness (QED) is 0.454. The van der Waals surface area contributed by atoms with Crippen molar-refractivity contribution in [3.05, 3.63) is 69.5 Å². The predicted octanol–water partition coefficient (Wildman–Crippen LogP) is 4.42. The summed E-state index contributed by atoms with van der Waals surface area (Å²) in [6.07, 6.45) is 0.495. The summed E-state index contributed by atoms with van der Waals surface area (Å²) in [6, 6.07) is 10.9. The number of benzene rings is 2. The first kappa shape index (κ1) is 15.4. The Kier molecular flexibility index (Phi) is 4.90. The molecular formula is C15H13BrFNO3. The van der Waals surface area contributed by atoms with Gasteiger partial charge < -0.3 is 4.74 Å². The minimum atomic E-state index is -0.449. The lowest BCUT2D eigenvalue weighted by molar-refractivity contribution is -0.384. The van der Waals surface area contributed by atoms with Gasteiger partial charge in [-0.3, -0.25) is 10.1 Å². The van der Waals surface area contributed by atoms with Gasteiger partial charge in [-0.2, -0.15) is 0 Å². The van der Waals surface area contributed by atoms with Gasteiger partial charge >= 0.3 is 0 Å². The van der Waals surface area contributed by atoms with E-state index < -0.39 is 4.92 Å². The van der Waals surface area contributed by atoms with Gasteiger partial charge in [-0.15, -0.1) is 0 Å². The summed E-state index contributed by atoms with van der Waals surface area (Å²) >= 11 is 3.46. The minimum Gasteiger partial charge on any atom is -0.496 e. The molecule has 0 spiro atoms. The average molecular weight is 354 g/mol. The number of rotatable bonds is 5. The maximum atomic E-state index is 14.0. The summed E-state index contributed by atoms with van der Waals surface area (Å²) < 4.78 is 19.1. The van der Waals surface area contributed by atoms with Crippen molar-refractivity contribution in [2.24, 2.45) is 0 Å². The Balaban J connectivity index is 2.22. The Morgan fingerprint density at radius 3 is 2.52 bits per heavy atom. The highest BCUT2D eigenvalue weighted by Crippen LogP contribution is 2.35. The topological polar surface area (TPSA) is 52.4 Å². The minimum absolute atomic E-state index is 0.0355. The first-order valence-electron chi connectivity index (χ1n) is 6.22. The molecule has 21 heavy (non-hydrogen) atoms. The van der Waals surface area contributed by atoms with Gasteiger partial charge in [0.1, 0.15) is 11.6 Å². The molecule has 0 amide bonds. The predicted molar refractivity (Wildman–Crippen MR) is 81.4 cm³/mol. The Bertz CT molecular complexity index is 646. The Morgan fingerprint density at radius 2 is 1.95 bits per heavy atom. The van der Waals surface area contributed by atoms with Crippen molar-refractivity contribution in [1.29, 1.82) is 0 Å². The molecule has 0 aliphatic heterocycles. The molecule has 0 aromatic heterocycles. The van der Waals surface area contributed by atoms with Crippen LogP contribution in [0.15, 0.2) is 42.5 Å². The smallest absolute Gasteiger partial charge is 0.269 e. The van der Waals surface area contributed by atoms with E-state index in [1.165, 1.54) is 25.3 Å². The average Bonchev–Trinajstić information content (AvgIpc) is 2.47. The van der Waals surface area contributed by atoms with E-state index in [0.717, 1.165) is 5.56 Å². The molecule has 2 aromatic carbocycles. The second-order valence-electron chi connectivity index (χ2n) is 4.45. The lowest BCUT2D eigenvalue weighted by Crippen LogP contribution is -2.02. The molecule has 0 saturated carbocycles. The van der Waals surface area contributed by atoms with Crippen LogP contribution in [-0.2, 0) is 6.42 Å². The number of non-ortho nitro benzene ring substituents is 1. The van der Waals surface area contributed by atoms with Crippen molar-refractivity contribution in [2.45, 2.75) is 11.2 Å². The van der Waals surface area contributed by atoms with Crippen LogP contribution in [-0.4, -0.2) is 12.0 Å². The third kappa shape index (κ3) is 3.58. The maximum Gasteiger partial charge on any atom is 0.269 e. The highest BCUT2D eigenvalue weighted by molar-refractivity contribution is 9.09. The Hall–Kier alpha value is -1.95. The Morgan fingerprint density at radius 1 is 1.29 bits per heavy atom. The molecule has 110 valence electrons. The van der Waals surface area contributed by atoms with E-state index in [1.54, 1.807) is 24.3 Å². The van der Waals surface area contributed by atoms with Crippen LogP contribution in [0.2, 0.25) is 0 Å². The van der Waals surface area contributed by atoms with Crippen LogP contribution in [0.5, 0.6) is 5.75 Å². The van der Waals surface area contributed by atoms with Crippen LogP contribution in [0, 0.1) is 15.9 Å². The van der Waals surface area contributed by atoms with Crippen LogP contribution in [0.25, 0.3) is 0 Å². The molecule has 0 bridgehead atoms. The van der Waals surface area contributed by atoms with Crippen molar-refractivity contribution in [3.63, 3.8) is 0 Å². The van der Waals surface area contributed by atoms with Crippen molar-refractivity contribution < 1.29 is 14.1 Å². The van der Waals surface area contributed by atoms with Crippen molar-refractivity contribution in [3.8, 4) is 5.75 Å². The highest BCUT2D eigenvalue weighted by Gasteiger charge is 2.18. The van der Waals surface area contributed by atoms with E-state index >= 15 is 0 Å². The van der Waals surface area contributed by atoms with Gasteiger partial charge in [0.2, 0.25) is 0 Å². The molecule has 0 N–H and O–H groups in total. The molecule has 2 aromatic rings. The fourth-order valence-corrected chi connectivity index (χ4v) is 2.88. The zero-order valence-corrected chi connectivity index (χ0v) is 12.8. The van der Waals surface area contributed by atoms with Crippen molar-refractivity contribution in [1.82, 2.24) is 0 Å². The molecule has 1 atom stereocenters. The number of alkyl halides is 1. The molecule has 0 fully saturated rings. The summed E-state index contributed by atoms with van der Waals surface area (Å²) in [5, 5.41) is 10.6. The molecule has 0 radical (unpaired) electrons. The summed E-state index contributed by atoms with van der Waals surface area (Å²) in [5.74, 6) is 0.122. The van der Waals surface area contributed by atoms with E-state index in [2.05, 4.69) is 15.9 Å². The van der Waals surface area contributed by atoms with Gasteiger partial charge in [0, 0.05) is 17.7 Å². The van der Waals surface area contributed by atoms with E-state index in [1.807, 2.05) is 0 Å². The summed E-state index contributed by atoms with van der Waals surface area (Å²) in [4.78, 5) is 9.88. The van der Waals surface area contributed by atoms with E-state index in [9.17, 15) is 14.5 Å². The molecule has 0 aliphatic rings. The van der Waals surface area contributed by atoms with Crippen LogP contribution in [0.4, 0.5) is 10.1 Å². The lowest BCUT2D eigenvalue weighted by atomic mass is 10.0. The maximum absolute atomic E-state index is 14.0. The fourth-order valence-electron chi connectivity index (χ4n) is 2.06. The SMILES string of the molecule is COc1cccc(F)c1C(Br)Cc1ccc([N+](=O)[O-])cc1. The number of hydrogen-bond donors (Lipinski definition) is 0. The van der Waals surface area contributed by atoms with Crippen LogP contribution >= 0.6 is 15.9 Å². The first-order chi connectivity index (χ1) is 10.0. The molecular weight excluding hydrogens is 341 g/mol. The van der Waals surface area contributed by atoms with Gasteiger partial charge in [-0.1, -0.05) is 34.1 Å². The first-order valence-corrected chi connectivity index (χ1v) is 7.14. The molecule has 2 rings (SSSR count). The van der Waals surface area contributed by atoms with Gasteiger partial charge in [0.25, 0.3) is 5.69 Å². The molecule has 0 aliphatic carbocycles. The molecule has 1 unspecified atom stereocenters. The lowest BCUT2D eigenvalue weighted by Gasteiger charge is -2.15. The number of ether oxygens (including phenoxy) is 1. The third-order valence-electron chi connectivity index (χ3n) is 3.11. The summed E-state index contributed by atoms with van der Waals surface area (Å²) in [6.45, 7) is 0. The van der Waals surface area contributed by atoms with Crippen LogP contribution < -0.4 is 4.74 Å². The monoisotopic (exact) mass is 353 g/mol. The third-order valence-corrected chi connectivity index (χ3v) is 3.89. The number of nitrogens with zero attached hydrogens (tertiary/aromatic N) is 1. The van der Waals surface area contributed by atoms with Gasteiger partial charge in [0.15, 0.2) is 0 Å². The van der Waals surface area contributed by atoms with E-state index in [4.69, 9.17) is 4.74 Å². The largest absolute Gasteiger partial charge is 0.496 e. The second-order valence-corrected chi connectivity index (χ2v) is 5.56. The summed E-state index contributed by atoms with van der Waals surface area (Å²) in [5.41, 5.74) is 1.35. The highest BCUT2D eigenvalue weighted by atomic mass is 79.9. The van der Waals surface area contributed by atoms with Crippen molar-refractivity contribution in [2.75, 3.05) is 7.11 Å². The van der Waals surface area contributed by atoms with Crippen molar-refractivity contribution >= 4 is 21.6 Å². The van der Waals surface area contributed by atoms with Crippen LogP contribution in [0.1, 0.15) is 16.0 Å². The molecule has 0 heterocycles. The number of halogens is 2.